The molecule has 2 N–H and O–H groups in total. The number of amides is 1. The third-order valence-corrected chi connectivity index (χ3v) is 4.61. The standard InChI is InChI=1S/C15H20N4O3S/c1-4-11(2)17-15(20)12-7-5-6-8-13(12)18-23(21,22)14-9-19(3)10-16-14/h5-11,18H,4H2,1-3H3,(H,17,20)/t11-/m1/s1. The van der Waals surface area contributed by atoms with Crippen molar-refractivity contribution in [2.75, 3.05) is 4.72 Å². The second-order valence-corrected chi connectivity index (χ2v) is 6.94. The molecule has 1 aromatic heterocycles. The number of anilines is 1. The van der Waals surface area contributed by atoms with E-state index in [1.165, 1.54) is 17.1 Å². The summed E-state index contributed by atoms with van der Waals surface area (Å²) in [5.74, 6) is -0.321. The highest BCUT2D eigenvalue weighted by Gasteiger charge is 2.21. The first kappa shape index (κ1) is 17.0. The minimum atomic E-state index is -3.84. The summed E-state index contributed by atoms with van der Waals surface area (Å²) in [5, 5.41) is 2.72. The smallest absolute Gasteiger partial charge is 0.280 e. The summed E-state index contributed by atoms with van der Waals surface area (Å²) in [5.41, 5.74) is 0.492. The van der Waals surface area contributed by atoms with E-state index in [1.54, 1.807) is 31.3 Å². The molecule has 0 saturated carbocycles. The maximum absolute atomic E-state index is 12.3. The van der Waals surface area contributed by atoms with Crippen LogP contribution in [-0.2, 0) is 17.1 Å². The van der Waals surface area contributed by atoms with Gasteiger partial charge in [-0.05, 0) is 25.5 Å². The predicted octanol–water partition coefficient (Wildman–Crippen LogP) is 1.75. The van der Waals surface area contributed by atoms with Gasteiger partial charge >= 0.3 is 0 Å². The van der Waals surface area contributed by atoms with E-state index in [4.69, 9.17) is 0 Å². The molecule has 124 valence electrons. The summed E-state index contributed by atoms with van der Waals surface area (Å²) in [6.45, 7) is 3.85. The van der Waals surface area contributed by atoms with Crippen LogP contribution in [0.2, 0.25) is 0 Å². The second kappa shape index (κ2) is 6.82. The van der Waals surface area contributed by atoms with Crippen molar-refractivity contribution in [3.8, 4) is 0 Å². The average molecular weight is 336 g/mol. The monoisotopic (exact) mass is 336 g/mol. The molecule has 0 bridgehead atoms. The van der Waals surface area contributed by atoms with Gasteiger partial charge in [-0.25, -0.2) is 4.98 Å². The Bertz CT molecular complexity index is 799. The van der Waals surface area contributed by atoms with Gasteiger partial charge in [0, 0.05) is 19.3 Å². The number of nitrogens with zero attached hydrogens (tertiary/aromatic N) is 2. The molecule has 0 unspecified atom stereocenters. The summed E-state index contributed by atoms with van der Waals surface area (Å²) in [7, 11) is -2.16. The zero-order valence-corrected chi connectivity index (χ0v) is 14.1. The molecule has 1 amide bonds. The number of rotatable bonds is 6. The Morgan fingerprint density at radius 2 is 2.04 bits per heavy atom. The number of aromatic nitrogens is 2. The molecule has 2 aromatic rings. The molecule has 0 aliphatic heterocycles. The van der Waals surface area contributed by atoms with Gasteiger partial charge in [0.1, 0.15) is 0 Å². The molecule has 7 nitrogen and oxygen atoms in total. The lowest BCUT2D eigenvalue weighted by atomic mass is 10.1. The molecule has 23 heavy (non-hydrogen) atoms. The Morgan fingerprint density at radius 3 is 2.65 bits per heavy atom. The van der Waals surface area contributed by atoms with Gasteiger partial charge in [-0.2, -0.15) is 8.42 Å². The second-order valence-electron chi connectivity index (χ2n) is 5.31. The highest BCUT2D eigenvalue weighted by molar-refractivity contribution is 7.92. The predicted molar refractivity (Wildman–Crippen MR) is 87.7 cm³/mol. The van der Waals surface area contributed by atoms with E-state index in [9.17, 15) is 13.2 Å². The van der Waals surface area contributed by atoms with E-state index in [0.29, 0.717) is 0 Å². The van der Waals surface area contributed by atoms with Crippen molar-refractivity contribution in [2.24, 2.45) is 7.05 Å². The molecule has 1 atom stereocenters. The lowest BCUT2D eigenvalue weighted by Crippen LogP contribution is -2.32. The number of carbonyl (C=O) groups excluding carboxylic acids is 1. The molecule has 0 aliphatic carbocycles. The fourth-order valence-corrected chi connectivity index (χ4v) is 2.96. The van der Waals surface area contributed by atoms with Crippen LogP contribution in [0.5, 0.6) is 0 Å². The summed E-state index contributed by atoms with van der Waals surface area (Å²) >= 11 is 0. The quantitative estimate of drug-likeness (QED) is 0.840. The summed E-state index contributed by atoms with van der Waals surface area (Å²) in [6, 6.07) is 6.48. The lowest BCUT2D eigenvalue weighted by Gasteiger charge is -2.14. The number of aryl methyl sites for hydroxylation is 1. The van der Waals surface area contributed by atoms with Gasteiger partial charge in [0.25, 0.3) is 15.9 Å². The van der Waals surface area contributed by atoms with Gasteiger partial charge in [-0.15, -0.1) is 0 Å². The third-order valence-electron chi connectivity index (χ3n) is 3.36. The van der Waals surface area contributed by atoms with Gasteiger partial charge in [-0.3, -0.25) is 9.52 Å². The fourth-order valence-electron chi connectivity index (χ4n) is 1.90. The molecule has 1 aromatic carbocycles. The summed E-state index contributed by atoms with van der Waals surface area (Å²) in [6.07, 6.45) is 3.58. The Kier molecular flexibility index (Phi) is 5.05. The number of sulfonamides is 1. The van der Waals surface area contributed by atoms with Crippen molar-refractivity contribution in [2.45, 2.75) is 31.3 Å². The molecular formula is C15H20N4O3S. The van der Waals surface area contributed by atoms with Gasteiger partial charge in [0.05, 0.1) is 17.6 Å². The van der Waals surface area contributed by atoms with Crippen LogP contribution in [0.1, 0.15) is 30.6 Å². The molecular weight excluding hydrogens is 316 g/mol. The maximum atomic E-state index is 12.3. The number of hydrogen-bond acceptors (Lipinski definition) is 4. The molecule has 0 saturated heterocycles. The van der Waals surface area contributed by atoms with Crippen LogP contribution in [0.4, 0.5) is 5.69 Å². The van der Waals surface area contributed by atoms with Gasteiger partial charge in [0.2, 0.25) is 0 Å². The Balaban J connectivity index is 2.29. The van der Waals surface area contributed by atoms with Crippen molar-refractivity contribution in [1.82, 2.24) is 14.9 Å². The maximum Gasteiger partial charge on any atom is 0.280 e. The number of para-hydroxylation sites is 1. The first-order valence-corrected chi connectivity index (χ1v) is 8.72. The van der Waals surface area contributed by atoms with Crippen molar-refractivity contribution >= 4 is 21.6 Å². The van der Waals surface area contributed by atoms with Gasteiger partial charge in [0.15, 0.2) is 5.03 Å². The average Bonchev–Trinajstić information content (AvgIpc) is 2.94. The minimum Gasteiger partial charge on any atom is -0.350 e. The van der Waals surface area contributed by atoms with E-state index < -0.39 is 10.0 Å². The zero-order chi connectivity index (χ0) is 17.0. The molecule has 0 fully saturated rings. The van der Waals surface area contributed by atoms with E-state index in [2.05, 4.69) is 15.0 Å². The van der Waals surface area contributed by atoms with Crippen LogP contribution >= 0.6 is 0 Å². The molecule has 2 rings (SSSR count). The van der Waals surface area contributed by atoms with Crippen molar-refractivity contribution in [3.05, 3.63) is 42.4 Å². The van der Waals surface area contributed by atoms with Gasteiger partial charge < -0.3 is 9.88 Å². The summed E-state index contributed by atoms with van der Waals surface area (Å²) < 4.78 is 28.7. The van der Waals surface area contributed by atoms with E-state index in [1.807, 2.05) is 13.8 Å². The van der Waals surface area contributed by atoms with Crippen molar-refractivity contribution < 1.29 is 13.2 Å². The topological polar surface area (TPSA) is 93.1 Å². The number of nitrogens with one attached hydrogen (secondary N) is 2. The molecule has 0 radical (unpaired) electrons. The van der Waals surface area contributed by atoms with Crippen LogP contribution in [0, 0.1) is 0 Å². The normalized spacial score (nSPS) is 12.7. The van der Waals surface area contributed by atoms with Crippen LogP contribution in [0.25, 0.3) is 0 Å². The van der Waals surface area contributed by atoms with Crippen LogP contribution in [0.3, 0.4) is 0 Å². The number of imidazole rings is 1. The molecule has 1 heterocycles. The zero-order valence-electron chi connectivity index (χ0n) is 13.3. The molecule has 0 spiro atoms. The van der Waals surface area contributed by atoms with Crippen LogP contribution in [-0.4, -0.2) is 29.9 Å². The third kappa shape index (κ3) is 4.10. The first-order valence-electron chi connectivity index (χ1n) is 7.24. The van der Waals surface area contributed by atoms with E-state index >= 15 is 0 Å². The fraction of sp³-hybridized carbons (Fsp3) is 0.333. The Hall–Kier alpha value is -2.35. The minimum absolute atomic E-state index is 0.00273. The summed E-state index contributed by atoms with van der Waals surface area (Å²) in [4.78, 5) is 16.1. The van der Waals surface area contributed by atoms with Crippen molar-refractivity contribution in [1.29, 1.82) is 0 Å². The van der Waals surface area contributed by atoms with Crippen molar-refractivity contribution in [3.63, 3.8) is 0 Å². The van der Waals surface area contributed by atoms with E-state index in [-0.39, 0.29) is 28.2 Å². The lowest BCUT2D eigenvalue weighted by molar-refractivity contribution is 0.0940. The Labute approximate surface area is 135 Å². The largest absolute Gasteiger partial charge is 0.350 e. The molecule has 8 heteroatoms. The number of hydrogen-bond donors (Lipinski definition) is 2. The first-order chi connectivity index (χ1) is 10.8. The number of carbonyl (C=O) groups is 1. The van der Waals surface area contributed by atoms with Crippen LogP contribution in [0.15, 0.2) is 41.8 Å². The Morgan fingerprint density at radius 1 is 1.35 bits per heavy atom. The van der Waals surface area contributed by atoms with Gasteiger partial charge in [-0.1, -0.05) is 19.1 Å². The van der Waals surface area contributed by atoms with E-state index in [0.717, 1.165) is 6.42 Å². The highest BCUT2D eigenvalue weighted by atomic mass is 32.2. The number of benzene rings is 1. The van der Waals surface area contributed by atoms with Crippen LogP contribution < -0.4 is 10.0 Å². The SMILES string of the molecule is CC[C@@H](C)NC(=O)c1ccccc1NS(=O)(=O)c1cn(C)cn1. The molecule has 0 aliphatic rings. The highest BCUT2D eigenvalue weighted by Crippen LogP contribution is 2.19.